The van der Waals surface area contributed by atoms with Crippen molar-refractivity contribution in [2.45, 2.75) is 50.3 Å². The average molecular weight is 599 g/mol. The Morgan fingerprint density at radius 1 is 1.23 bits per heavy atom. The van der Waals surface area contributed by atoms with Gasteiger partial charge < -0.3 is 15.4 Å². The number of ether oxygens (including phenoxy) is 2. The highest BCUT2D eigenvalue weighted by atomic mass is 32.2. The Bertz CT molecular complexity index is 1420. The molecule has 1 aliphatic carbocycles. The molecule has 2 aromatic rings. The Balaban J connectivity index is 1.62. The van der Waals surface area contributed by atoms with Gasteiger partial charge in [-0.05, 0) is 42.5 Å². The Kier molecular flexibility index (Phi) is 7.83. The number of benzene rings is 1. The molecule has 2 N–H and O–H groups in total. The lowest BCUT2D eigenvalue weighted by molar-refractivity contribution is -0.324. The minimum atomic E-state index is -4.85. The summed E-state index contributed by atoms with van der Waals surface area (Å²) in [5.74, 6) is -2.70. The Morgan fingerprint density at radius 3 is 2.60 bits per heavy atom. The van der Waals surface area contributed by atoms with Crippen molar-refractivity contribution >= 4 is 27.5 Å². The fraction of sp³-hybridized carbons (Fsp3) is 0.522. The van der Waals surface area contributed by atoms with Gasteiger partial charge in [-0.2, -0.15) is 18.3 Å². The van der Waals surface area contributed by atoms with Gasteiger partial charge in [0, 0.05) is 19.2 Å². The van der Waals surface area contributed by atoms with Crippen molar-refractivity contribution in [3.8, 4) is 5.75 Å². The lowest BCUT2D eigenvalue weighted by atomic mass is 9.82. The van der Waals surface area contributed by atoms with E-state index in [2.05, 4.69) is 20.5 Å². The molecule has 0 saturated heterocycles. The fourth-order valence-electron chi connectivity index (χ4n) is 4.88. The molecule has 0 radical (unpaired) electrons. The first-order chi connectivity index (χ1) is 18.4. The van der Waals surface area contributed by atoms with Gasteiger partial charge in [0.25, 0.3) is 5.91 Å². The van der Waals surface area contributed by atoms with Gasteiger partial charge in [-0.15, -0.1) is 13.2 Å². The number of carbonyl (C=O) groups excluding carboxylic acids is 2. The molecule has 1 aliphatic heterocycles. The third-order valence-corrected chi connectivity index (χ3v) is 7.11. The highest BCUT2D eigenvalue weighted by Gasteiger charge is 2.46. The van der Waals surface area contributed by atoms with Crippen molar-refractivity contribution in [1.82, 2.24) is 15.1 Å². The number of fused-ring (bicyclic) bond motifs is 3. The van der Waals surface area contributed by atoms with Crippen LogP contribution in [0.2, 0.25) is 0 Å². The number of aromatic nitrogens is 2. The number of halogens is 6. The molecule has 1 spiro atoms. The van der Waals surface area contributed by atoms with E-state index in [0.717, 1.165) is 10.9 Å². The maximum absolute atomic E-state index is 13.3. The second-order valence-corrected chi connectivity index (χ2v) is 11.7. The van der Waals surface area contributed by atoms with Crippen LogP contribution in [0.1, 0.15) is 40.0 Å². The Labute approximate surface area is 223 Å². The van der Waals surface area contributed by atoms with Crippen molar-refractivity contribution < 1.29 is 53.8 Å². The highest BCUT2D eigenvalue weighted by molar-refractivity contribution is 7.91. The van der Waals surface area contributed by atoms with Crippen molar-refractivity contribution in [2.24, 2.45) is 0 Å². The van der Waals surface area contributed by atoms with E-state index in [0.29, 0.717) is 24.0 Å². The number of amides is 2. The molecular formula is C23H24F6N4O6S. The van der Waals surface area contributed by atoms with Crippen LogP contribution >= 0.6 is 0 Å². The van der Waals surface area contributed by atoms with Crippen molar-refractivity contribution in [1.29, 1.82) is 0 Å². The number of sulfone groups is 1. The molecule has 2 amide bonds. The van der Waals surface area contributed by atoms with E-state index in [1.807, 2.05) is 0 Å². The van der Waals surface area contributed by atoms with Gasteiger partial charge in [0.1, 0.15) is 22.9 Å². The van der Waals surface area contributed by atoms with Crippen molar-refractivity contribution in [2.75, 3.05) is 30.5 Å². The van der Waals surface area contributed by atoms with E-state index in [-0.39, 0.29) is 42.2 Å². The Hall–Kier alpha value is -3.34. The van der Waals surface area contributed by atoms with Crippen LogP contribution in [0.4, 0.5) is 32.2 Å². The largest absolute Gasteiger partial charge is 0.522 e. The molecule has 10 nitrogen and oxygen atoms in total. The number of aryl methyl sites for hydroxylation is 2. The molecule has 40 heavy (non-hydrogen) atoms. The van der Waals surface area contributed by atoms with Crippen LogP contribution in [0.5, 0.6) is 5.75 Å². The summed E-state index contributed by atoms with van der Waals surface area (Å²) in [4.78, 5) is 25.7. The number of hydrogen-bond acceptors (Lipinski definition) is 7. The third-order valence-electron chi connectivity index (χ3n) is 6.32. The summed E-state index contributed by atoms with van der Waals surface area (Å²) in [6.45, 7) is -2.39. The summed E-state index contributed by atoms with van der Waals surface area (Å²) in [5, 5.41) is 9.59. The summed E-state index contributed by atoms with van der Waals surface area (Å²) in [6.07, 6.45) is -7.85. The predicted octanol–water partition coefficient (Wildman–Crippen LogP) is 2.86. The first-order valence-electron chi connectivity index (χ1n) is 11.9. The molecule has 4 rings (SSSR count). The second kappa shape index (κ2) is 10.6. The topological polar surface area (TPSA) is 129 Å². The summed E-state index contributed by atoms with van der Waals surface area (Å²) >= 11 is 0. The van der Waals surface area contributed by atoms with Gasteiger partial charge in [-0.1, -0.05) is 6.07 Å². The zero-order valence-corrected chi connectivity index (χ0v) is 21.7. The number of rotatable bonds is 9. The molecule has 220 valence electrons. The molecule has 1 atom stereocenters. The summed E-state index contributed by atoms with van der Waals surface area (Å²) in [6, 6.07) is 4.38. The molecule has 1 aromatic carbocycles. The number of nitrogens with zero attached hydrogens (tertiary/aromatic N) is 2. The smallest absolute Gasteiger partial charge is 0.484 e. The number of carbonyl (C=O) groups is 2. The van der Waals surface area contributed by atoms with Crippen LogP contribution < -0.4 is 15.4 Å². The molecule has 0 unspecified atom stereocenters. The van der Waals surface area contributed by atoms with E-state index in [1.165, 1.54) is 12.1 Å². The van der Waals surface area contributed by atoms with Crippen LogP contribution in [0.3, 0.4) is 0 Å². The molecule has 17 heteroatoms. The first-order valence-corrected chi connectivity index (χ1v) is 13.9. The summed E-state index contributed by atoms with van der Waals surface area (Å²) in [5.41, 5.74) is 0.466. The number of nitrogens with one attached hydrogen (secondary N) is 2. The van der Waals surface area contributed by atoms with Crippen LogP contribution in [-0.4, -0.2) is 67.8 Å². The molecule has 0 saturated carbocycles. The quantitative estimate of drug-likeness (QED) is 0.336. The number of alkyl halides is 6. The van der Waals surface area contributed by atoms with Crippen LogP contribution in [0.25, 0.3) is 0 Å². The Morgan fingerprint density at radius 2 is 1.95 bits per heavy atom. The van der Waals surface area contributed by atoms with Crippen molar-refractivity contribution in [3.63, 3.8) is 0 Å². The lowest BCUT2D eigenvalue weighted by Crippen LogP contribution is -2.49. The van der Waals surface area contributed by atoms with E-state index in [1.54, 1.807) is 6.07 Å². The molecule has 0 fully saturated rings. The number of anilines is 1. The third kappa shape index (κ3) is 7.04. The maximum atomic E-state index is 13.3. The fourth-order valence-corrected chi connectivity index (χ4v) is 5.42. The number of hydrogen-bond donors (Lipinski definition) is 2. The lowest BCUT2D eigenvalue weighted by Gasteiger charge is -2.35. The van der Waals surface area contributed by atoms with E-state index < -0.39 is 58.7 Å². The van der Waals surface area contributed by atoms with E-state index in [4.69, 9.17) is 4.74 Å². The van der Waals surface area contributed by atoms with Crippen LogP contribution in [0.15, 0.2) is 18.2 Å². The molecule has 2 heterocycles. The van der Waals surface area contributed by atoms with Gasteiger partial charge in [-0.3, -0.25) is 14.3 Å². The summed E-state index contributed by atoms with van der Waals surface area (Å²) in [7, 11) is -3.74. The average Bonchev–Trinajstić information content (AvgIpc) is 3.31. The highest BCUT2D eigenvalue weighted by Crippen LogP contribution is 2.44. The SMILES string of the molecule is CS(=O)(=O)CC(=O)Nc1c2c(nn1CCCOC(F)(F)F)C[C@@]1(CCc3cc(OCC(F)(F)F)ccc31)NC2=O. The van der Waals surface area contributed by atoms with E-state index >= 15 is 0 Å². The predicted molar refractivity (Wildman–Crippen MR) is 126 cm³/mol. The van der Waals surface area contributed by atoms with Gasteiger partial charge in [-0.25, -0.2) is 13.1 Å². The normalized spacial score (nSPS) is 18.8. The molecular weight excluding hydrogens is 574 g/mol. The second-order valence-electron chi connectivity index (χ2n) is 9.60. The molecule has 1 aromatic heterocycles. The first kappa shape index (κ1) is 29.6. The zero-order chi connectivity index (χ0) is 29.5. The van der Waals surface area contributed by atoms with Crippen LogP contribution in [-0.2, 0) is 44.3 Å². The monoisotopic (exact) mass is 598 g/mol. The minimum Gasteiger partial charge on any atom is -0.484 e. The van der Waals surface area contributed by atoms with Crippen molar-refractivity contribution in [3.05, 3.63) is 40.6 Å². The van der Waals surface area contributed by atoms with Crippen LogP contribution in [0, 0.1) is 0 Å². The zero-order valence-electron chi connectivity index (χ0n) is 20.9. The molecule has 0 bridgehead atoms. The molecule has 2 aliphatic rings. The summed E-state index contributed by atoms with van der Waals surface area (Å²) < 4.78 is 108. The van der Waals surface area contributed by atoms with Gasteiger partial charge >= 0.3 is 12.5 Å². The van der Waals surface area contributed by atoms with Gasteiger partial charge in [0.2, 0.25) is 5.91 Å². The van der Waals surface area contributed by atoms with E-state index in [9.17, 15) is 44.3 Å². The maximum Gasteiger partial charge on any atom is 0.522 e. The van der Waals surface area contributed by atoms with Gasteiger partial charge in [0.05, 0.1) is 17.8 Å². The van der Waals surface area contributed by atoms with Gasteiger partial charge in [0.15, 0.2) is 16.4 Å². The minimum absolute atomic E-state index is 0.0113. The standard InChI is InChI=1S/C23H24F6N4O6S/c1-40(36,37)11-17(34)30-19-18-16(32-33(19)7-2-8-39-23(27,28)29)10-21(31-20(18)35)6-5-13-9-14(3-4-15(13)21)38-12-22(24,25)26/h3-4,9H,2,5-8,10-12H2,1H3,(H,30,34)(H,31,35)/t21-/m1/s1.